The molecule has 14 rings (SSSR count). The molecule has 4 bridgehead atoms. The summed E-state index contributed by atoms with van der Waals surface area (Å²) >= 11 is 0. The van der Waals surface area contributed by atoms with E-state index in [0.29, 0.717) is 22.9 Å². The molecule has 4 aliphatic rings. The van der Waals surface area contributed by atoms with Crippen molar-refractivity contribution in [3.8, 4) is 51.0 Å². The molecule has 0 aliphatic heterocycles. The molecular weight excluding hydrogens is 733 g/mol. The van der Waals surface area contributed by atoms with Gasteiger partial charge in [-0.3, -0.25) is 0 Å². The third-order valence-electron chi connectivity index (χ3n) is 14.2. The Kier molecular flexibility index (Phi) is 7.42. The van der Waals surface area contributed by atoms with Crippen LogP contribution in [0.3, 0.4) is 0 Å². The second-order valence-electron chi connectivity index (χ2n) is 17.9. The normalized spacial score (nSPS) is 20.8. The first kappa shape index (κ1) is 34.1. The summed E-state index contributed by atoms with van der Waals surface area (Å²) in [6, 6.07) is 58.5. The van der Waals surface area contributed by atoms with Gasteiger partial charge >= 0.3 is 0 Å². The average Bonchev–Trinajstić information content (AvgIpc) is 3.85. The minimum atomic E-state index is 0.329. The number of hydrogen-bond donors (Lipinski definition) is 0. The average molecular weight is 775 g/mol. The number of fused-ring (bicyclic) bond motifs is 6. The van der Waals surface area contributed by atoms with E-state index in [9.17, 15) is 0 Å². The number of hydrogen-bond acceptors (Lipinski definition) is 4. The second-order valence-corrected chi connectivity index (χ2v) is 17.9. The highest BCUT2D eigenvalue weighted by atomic mass is 16.3. The largest absolute Gasteiger partial charge is 0.455 e. The van der Waals surface area contributed by atoms with Gasteiger partial charge in [0.05, 0.1) is 16.6 Å². The smallest absolute Gasteiger partial charge is 0.167 e. The zero-order valence-electron chi connectivity index (χ0n) is 33.3. The van der Waals surface area contributed by atoms with Gasteiger partial charge in [0.1, 0.15) is 11.2 Å². The van der Waals surface area contributed by atoms with Crippen LogP contribution in [0.2, 0.25) is 0 Å². The van der Waals surface area contributed by atoms with E-state index in [1.54, 1.807) is 0 Å². The van der Waals surface area contributed by atoms with Crippen molar-refractivity contribution in [3.05, 3.63) is 169 Å². The van der Waals surface area contributed by atoms with E-state index in [0.717, 1.165) is 73.1 Å². The van der Waals surface area contributed by atoms with Gasteiger partial charge in [-0.1, -0.05) is 127 Å². The lowest BCUT2D eigenvalue weighted by Crippen LogP contribution is -2.48. The van der Waals surface area contributed by atoms with Crippen molar-refractivity contribution in [1.82, 2.24) is 19.5 Å². The van der Waals surface area contributed by atoms with Crippen LogP contribution in [0.5, 0.6) is 0 Å². The van der Waals surface area contributed by atoms with Crippen molar-refractivity contribution in [2.24, 2.45) is 17.8 Å². The first-order chi connectivity index (χ1) is 29.6. The summed E-state index contributed by atoms with van der Waals surface area (Å²) in [5, 5.41) is 4.53. The molecule has 0 saturated heterocycles. The molecule has 4 saturated carbocycles. The molecule has 7 aromatic carbocycles. The highest BCUT2D eigenvalue weighted by Crippen LogP contribution is 2.60. The summed E-state index contributed by atoms with van der Waals surface area (Å²) in [6.45, 7) is 0. The number of rotatable bonds is 6. The quantitative estimate of drug-likeness (QED) is 0.169. The fourth-order valence-corrected chi connectivity index (χ4v) is 11.9. The summed E-state index contributed by atoms with van der Waals surface area (Å²) < 4.78 is 8.92. The van der Waals surface area contributed by atoms with Gasteiger partial charge in [0.2, 0.25) is 0 Å². The lowest BCUT2D eigenvalue weighted by molar-refractivity contribution is -0.00518. The van der Waals surface area contributed by atoms with Crippen molar-refractivity contribution in [2.45, 2.75) is 43.9 Å². The summed E-state index contributed by atoms with van der Waals surface area (Å²) in [5.74, 6) is 4.59. The molecule has 288 valence electrons. The van der Waals surface area contributed by atoms with Gasteiger partial charge in [0.25, 0.3) is 0 Å². The molecule has 10 aromatic rings. The van der Waals surface area contributed by atoms with Gasteiger partial charge < -0.3 is 8.98 Å². The summed E-state index contributed by atoms with van der Waals surface area (Å²) in [6.07, 6.45) is 8.36. The molecule has 0 spiro atoms. The predicted octanol–water partition coefficient (Wildman–Crippen LogP) is 14.0. The van der Waals surface area contributed by atoms with Crippen molar-refractivity contribution in [3.63, 3.8) is 0 Å². The van der Waals surface area contributed by atoms with Crippen LogP contribution in [-0.2, 0) is 5.41 Å². The van der Waals surface area contributed by atoms with Crippen LogP contribution in [0.1, 0.15) is 44.1 Å². The minimum Gasteiger partial charge on any atom is -0.455 e. The van der Waals surface area contributed by atoms with Crippen molar-refractivity contribution >= 4 is 43.7 Å². The Bertz CT molecular complexity index is 3250. The van der Waals surface area contributed by atoms with Gasteiger partial charge in [-0.2, -0.15) is 0 Å². The van der Waals surface area contributed by atoms with Crippen molar-refractivity contribution < 1.29 is 4.42 Å². The molecule has 0 unspecified atom stereocenters. The van der Waals surface area contributed by atoms with Crippen LogP contribution in [0.4, 0.5) is 0 Å². The minimum absolute atomic E-state index is 0.329. The molecular formula is C55H42N4O. The third-order valence-corrected chi connectivity index (χ3v) is 14.2. The van der Waals surface area contributed by atoms with Crippen LogP contribution in [0.15, 0.2) is 168 Å². The van der Waals surface area contributed by atoms with Crippen LogP contribution < -0.4 is 0 Å². The molecule has 5 heteroatoms. The highest BCUT2D eigenvalue weighted by Gasteiger charge is 2.51. The molecule has 4 fully saturated rings. The van der Waals surface area contributed by atoms with Crippen molar-refractivity contribution in [1.29, 1.82) is 0 Å². The topological polar surface area (TPSA) is 56.7 Å². The molecule has 0 N–H and O–H groups in total. The fraction of sp³-hybridized carbons (Fsp3) is 0.182. The van der Waals surface area contributed by atoms with Gasteiger partial charge in [-0.25, -0.2) is 15.0 Å². The maximum atomic E-state index is 6.55. The van der Waals surface area contributed by atoms with Gasteiger partial charge in [-0.05, 0) is 115 Å². The SMILES string of the molecule is c1ccc(-c2ccc(-n3c4ccccc4c4ccc(-c5nc(-c6ccc(C78CC9CC(CC(C9)C7)C8)cc6)nc(-c6cccc7c6oc6ccccc67)n5)cc43)cc2)cc1. The Hall–Kier alpha value is -6.85. The molecule has 60 heavy (non-hydrogen) atoms. The molecule has 4 aliphatic carbocycles. The Labute approximate surface area is 348 Å². The molecule has 3 aromatic heterocycles. The number of furan rings is 1. The van der Waals surface area contributed by atoms with E-state index in [1.807, 2.05) is 12.1 Å². The van der Waals surface area contributed by atoms with E-state index in [-0.39, 0.29) is 0 Å². The fourth-order valence-electron chi connectivity index (χ4n) is 11.9. The van der Waals surface area contributed by atoms with Crippen LogP contribution >= 0.6 is 0 Å². The first-order valence-electron chi connectivity index (χ1n) is 21.6. The van der Waals surface area contributed by atoms with E-state index < -0.39 is 0 Å². The first-order valence-corrected chi connectivity index (χ1v) is 21.6. The summed E-state index contributed by atoms with van der Waals surface area (Å²) in [5.41, 5.74) is 12.0. The van der Waals surface area contributed by atoms with E-state index in [1.165, 1.54) is 66.0 Å². The van der Waals surface area contributed by atoms with Crippen LogP contribution in [0.25, 0.3) is 94.7 Å². The second kappa shape index (κ2) is 13.1. The highest BCUT2D eigenvalue weighted by molar-refractivity contribution is 6.11. The lowest BCUT2D eigenvalue weighted by atomic mass is 9.48. The Balaban J connectivity index is 0.972. The molecule has 3 heterocycles. The van der Waals surface area contributed by atoms with Crippen LogP contribution in [-0.4, -0.2) is 19.5 Å². The summed E-state index contributed by atoms with van der Waals surface area (Å²) in [4.78, 5) is 15.8. The lowest BCUT2D eigenvalue weighted by Gasteiger charge is -2.57. The Morgan fingerprint density at radius 1 is 0.450 bits per heavy atom. The molecule has 0 radical (unpaired) electrons. The zero-order valence-corrected chi connectivity index (χ0v) is 33.3. The van der Waals surface area contributed by atoms with Crippen molar-refractivity contribution in [2.75, 3.05) is 0 Å². The predicted molar refractivity (Wildman–Crippen MR) is 243 cm³/mol. The van der Waals surface area contributed by atoms with Gasteiger partial charge in [-0.15, -0.1) is 0 Å². The zero-order chi connectivity index (χ0) is 39.4. The monoisotopic (exact) mass is 774 g/mol. The summed E-state index contributed by atoms with van der Waals surface area (Å²) in [7, 11) is 0. The number of benzene rings is 7. The third kappa shape index (κ3) is 5.34. The van der Waals surface area contributed by atoms with Gasteiger partial charge in [0, 0.05) is 38.4 Å². The number of para-hydroxylation sites is 3. The molecule has 0 amide bonds. The van der Waals surface area contributed by atoms with E-state index in [4.69, 9.17) is 19.4 Å². The number of aromatic nitrogens is 4. The standard InChI is InChI=1S/C55H42N4O/c1-2-9-37(10-3-1)38-19-24-42(25-20-38)59-48-15-6-4-11-43(48)44-26-21-40(30-49(44)59)53-56-52(39-17-22-41(23-18-39)55-31-34-27-35(32-55)29-36(28-34)33-55)57-54(58-53)47-14-8-13-46-45-12-5-7-16-50(45)60-51(46)47/h1-26,30,34-36H,27-29,31-33H2. The Morgan fingerprint density at radius 3 is 1.80 bits per heavy atom. The maximum Gasteiger partial charge on any atom is 0.167 e. The van der Waals surface area contributed by atoms with Crippen LogP contribution in [0, 0.1) is 17.8 Å². The van der Waals surface area contributed by atoms with Gasteiger partial charge in [0.15, 0.2) is 17.5 Å². The van der Waals surface area contributed by atoms with E-state index >= 15 is 0 Å². The molecule has 5 nitrogen and oxygen atoms in total. The number of nitrogens with zero attached hydrogens (tertiary/aromatic N) is 4. The van der Waals surface area contributed by atoms with E-state index in [2.05, 4.69) is 156 Å². The maximum absolute atomic E-state index is 6.55. The molecule has 0 atom stereocenters. The Morgan fingerprint density at radius 2 is 1.03 bits per heavy atom.